The van der Waals surface area contributed by atoms with Crippen LogP contribution in [-0.2, 0) is 6.54 Å². The van der Waals surface area contributed by atoms with Crippen molar-refractivity contribution in [2.75, 3.05) is 11.9 Å². The van der Waals surface area contributed by atoms with Crippen LogP contribution in [0, 0.1) is 19.8 Å². The van der Waals surface area contributed by atoms with E-state index in [1.807, 2.05) is 18.2 Å². The van der Waals surface area contributed by atoms with Gasteiger partial charge in [0.1, 0.15) is 0 Å². The Hall–Kier alpha value is -1.83. The molecule has 1 aromatic carbocycles. The highest BCUT2D eigenvalue weighted by atomic mass is 127. The van der Waals surface area contributed by atoms with Gasteiger partial charge in [0.2, 0.25) is 5.88 Å². The molecule has 1 aliphatic carbocycles. The summed E-state index contributed by atoms with van der Waals surface area (Å²) in [4.78, 5) is 8.67. The summed E-state index contributed by atoms with van der Waals surface area (Å²) in [7, 11) is 0. The molecule has 0 bridgehead atoms. The first-order chi connectivity index (χ1) is 11.6. The van der Waals surface area contributed by atoms with Gasteiger partial charge >= 0.3 is 0 Å². The van der Waals surface area contributed by atoms with Crippen LogP contribution in [0.25, 0.3) is 0 Å². The van der Waals surface area contributed by atoms with Gasteiger partial charge in [0.05, 0.1) is 13.2 Å². The first-order valence-corrected chi connectivity index (χ1v) is 8.32. The van der Waals surface area contributed by atoms with E-state index >= 15 is 0 Å². The zero-order chi connectivity index (χ0) is 16.9. The topological polar surface area (TPSA) is 72.5 Å². The number of guanidine groups is 1. The molecule has 0 saturated heterocycles. The quantitative estimate of drug-likeness (QED) is 0.395. The van der Waals surface area contributed by atoms with Crippen LogP contribution < -0.4 is 15.8 Å². The number of hydrogen-bond acceptors (Lipinski definition) is 3. The van der Waals surface area contributed by atoms with Crippen LogP contribution >= 0.6 is 24.0 Å². The SMILES string of the molecule is Cc1ccc(NC(N)=NCc2ccc(OCC3CC3)nc2)cc1C.I. The lowest BCUT2D eigenvalue weighted by molar-refractivity contribution is 0.288. The highest BCUT2D eigenvalue weighted by Crippen LogP contribution is 2.29. The van der Waals surface area contributed by atoms with Crippen molar-refractivity contribution in [1.82, 2.24) is 4.98 Å². The number of hydrogen-bond donors (Lipinski definition) is 2. The van der Waals surface area contributed by atoms with E-state index in [-0.39, 0.29) is 24.0 Å². The molecule has 6 heteroatoms. The van der Waals surface area contributed by atoms with Crippen LogP contribution in [0.3, 0.4) is 0 Å². The molecule has 1 saturated carbocycles. The van der Waals surface area contributed by atoms with Crippen LogP contribution in [0.2, 0.25) is 0 Å². The number of anilines is 1. The minimum Gasteiger partial charge on any atom is -0.477 e. The Labute approximate surface area is 166 Å². The lowest BCUT2D eigenvalue weighted by Crippen LogP contribution is -2.22. The number of benzene rings is 1. The molecule has 1 aliphatic rings. The van der Waals surface area contributed by atoms with Crippen LogP contribution in [0.5, 0.6) is 5.88 Å². The second-order valence-corrected chi connectivity index (χ2v) is 6.38. The average molecular weight is 452 g/mol. The van der Waals surface area contributed by atoms with Gasteiger partial charge in [0, 0.05) is 18.0 Å². The maximum Gasteiger partial charge on any atom is 0.213 e. The van der Waals surface area contributed by atoms with Gasteiger partial charge in [-0.1, -0.05) is 12.1 Å². The molecule has 0 atom stereocenters. The number of aromatic nitrogens is 1. The standard InChI is InChI=1S/C19H24N4O.HI/c1-13-3-7-17(9-14(13)2)23-19(20)22-11-16-6-8-18(21-10-16)24-12-15-4-5-15;/h3,6-10,15H,4-5,11-12H2,1-2H3,(H3,20,22,23);1H. The van der Waals surface area contributed by atoms with Gasteiger partial charge in [-0.15, -0.1) is 24.0 Å². The normalized spacial score (nSPS) is 13.9. The molecule has 3 N–H and O–H groups in total. The van der Waals surface area contributed by atoms with Crippen molar-refractivity contribution in [2.45, 2.75) is 33.2 Å². The van der Waals surface area contributed by atoms with Crippen LogP contribution in [-0.4, -0.2) is 17.6 Å². The molecule has 1 heterocycles. The molecule has 2 aromatic rings. The number of nitrogens with two attached hydrogens (primary N) is 1. The van der Waals surface area contributed by atoms with Crippen molar-refractivity contribution in [1.29, 1.82) is 0 Å². The maximum absolute atomic E-state index is 5.95. The molecule has 0 spiro atoms. The average Bonchev–Trinajstić information content (AvgIpc) is 3.40. The number of halogens is 1. The van der Waals surface area contributed by atoms with Gasteiger partial charge in [0.15, 0.2) is 5.96 Å². The minimum absolute atomic E-state index is 0. The highest BCUT2D eigenvalue weighted by Gasteiger charge is 2.21. The van der Waals surface area contributed by atoms with E-state index in [1.165, 1.54) is 24.0 Å². The van der Waals surface area contributed by atoms with E-state index in [4.69, 9.17) is 10.5 Å². The Kier molecular flexibility index (Phi) is 7.04. The number of ether oxygens (including phenoxy) is 1. The van der Waals surface area contributed by atoms with Crippen molar-refractivity contribution in [2.24, 2.45) is 16.6 Å². The lowest BCUT2D eigenvalue weighted by atomic mass is 10.1. The molecular weight excluding hydrogens is 427 g/mol. The third-order valence-corrected chi connectivity index (χ3v) is 4.17. The Morgan fingerprint density at radius 3 is 2.68 bits per heavy atom. The molecule has 5 nitrogen and oxygen atoms in total. The van der Waals surface area contributed by atoms with Gasteiger partial charge in [-0.2, -0.15) is 0 Å². The van der Waals surface area contributed by atoms with Crippen molar-refractivity contribution < 1.29 is 4.74 Å². The number of nitrogens with one attached hydrogen (secondary N) is 1. The summed E-state index contributed by atoms with van der Waals surface area (Å²) in [6.45, 7) is 5.42. The van der Waals surface area contributed by atoms with Gasteiger partial charge in [-0.05, 0) is 61.4 Å². The fourth-order valence-electron chi connectivity index (χ4n) is 2.26. The fraction of sp³-hybridized carbons (Fsp3) is 0.368. The molecule has 0 radical (unpaired) electrons. The smallest absolute Gasteiger partial charge is 0.213 e. The van der Waals surface area contributed by atoms with E-state index in [2.05, 4.69) is 41.3 Å². The molecular formula is C19H25IN4O. The summed E-state index contributed by atoms with van der Waals surface area (Å²) in [5.41, 5.74) is 10.4. The number of aryl methyl sites for hydroxylation is 2. The summed E-state index contributed by atoms with van der Waals surface area (Å²) in [6, 6.07) is 9.99. The first kappa shape index (κ1) is 19.5. The third-order valence-electron chi connectivity index (χ3n) is 4.17. The van der Waals surface area contributed by atoms with E-state index in [0.29, 0.717) is 18.4 Å². The molecule has 134 valence electrons. The molecule has 1 aromatic heterocycles. The monoisotopic (exact) mass is 452 g/mol. The van der Waals surface area contributed by atoms with Gasteiger partial charge in [-0.3, -0.25) is 0 Å². The second kappa shape index (κ2) is 9.03. The fourth-order valence-corrected chi connectivity index (χ4v) is 2.26. The molecule has 1 fully saturated rings. The van der Waals surface area contributed by atoms with Crippen molar-refractivity contribution in [3.8, 4) is 5.88 Å². The Morgan fingerprint density at radius 1 is 1.24 bits per heavy atom. The van der Waals surface area contributed by atoms with Crippen LogP contribution in [0.15, 0.2) is 41.5 Å². The first-order valence-electron chi connectivity index (χ1n) is 8.32. The largest absolute Gasteiger partial charge is 0.477 e. The highest BCUT2D eigenvalue weighted by molar-refractivity contribution is 14.0. The Morgan fingerprint density at radius 2 is 2.04 bits per heavy atom. The summed E-state index contributed by atoms with van der Waals surface area (Å²) in [5.74, 6) is 1.80. The summed E-state index contributed by atoms with van der Waals surface area (Å²) >= 11 is 0. The maximum atomic E-state index is 5.95. The predicted molar refractivity (Wildman–Crippen MR) is 113 cm³/mol. The number of nitrogens with zero attached hydrogens (tertiary/aromatic N) is 2. The van der Waals surface area contributed by atoms with E-state index in [0.717, 1.165) is 23.8 Å². The van der Waals surface area contributed by atoms with E-state index in [9.17, 15) is 0 Å². The number of rotatable bonds is 6. The molecule has 0 amide bonds. The predicted octanol–water partition coefficient (Wildman–Crippen LogP) is 4.03. The molecule has 3 rings (SSSR count). The second-order valence-electron chi connectivity index (χ2n) is 6.38. The third kappa shape index (κ3) is 6.19. The zero-order valence-electron chi connectivity index (χ0n) is 14.7. The lowest BCUT2D eigenvalue weighted by Gasteiger charge is -2.08. The van der Waals surface area contributed by atoms with Gasteiger partial charge in [-0.25, -0.2) is 9.98 Å². The van der Waals surface area contributed by atoms with Crippen LogP contribution in [0.4, 0.5) is 5.69 Å². The van der Waals surface area contributed by atoms with E-state index < -0.39 is 0 Å². The molecule has 0 aliphatic heterocycles. The number of aliphatic imine (C=N–C) groups is 1. The summed E-state index contributed by atoms with van der Waals surface area (Å²) < 4.78 is 5.63. The van der Waals surface area contributed by atoms with Gasteiger partial charge < -0.3 is 15.8 Å². The Balaban J connectivity index is 0.00000225. The summed E-state index contributed by atoms with van der Waals surface area (Å²) in [5, 5.41) is 3.11. The van der Waals surface area contributed by atoms with Crippen LogP contribution in [0.1, 0.15) is 29.5 Å². The summed E-state index contributed by atoms with van der Waals surface area (Å²) in [6.07, 6.45) is 4.34. The van der Waals surface area contributed by atoms with Crippen molar-refractivity contribution in [3.63, 3.8) is 0 Å². The number of pyridine rings is 1. The zero-order valence-corrected chi connectivity index (χ0v) is 17.0. The molecule has 0 unspecified atom stereocenters. The minimum atomic E-state index is 0. The van der Waals surface area contributed by atoms with Crippen molar-refractivity contribution >= 4 is 35.6 Å². The van der Waals surface area contributed by atoms with E-state index in [1.54, 1.807) is 6.20 Å². The van der Waals surface area contributed by atoms with Gasteiger partial charge in [0.25, 0.3) is 0 Å². The van der Waals surface area contributed by atoms with Crippen molar-refractivity contribution in [3.05, 3.63) is 53.2 Å². The Bertz CT molecular complexity index is 727. The molecule has 25 heavy (non-hydrogen) atoms.